The second kappa shape index (κ2) is 9.54. The monoisotopic (exact) mass is 533 g/mol. The number of rotatable bonds is 5. The van der Waals surface area contributed by atoms with Crippen LogP contribution in [0.25, 0.3) is 4.85 Å². The lowest BCUT2D eigenvalue weighted by molar-refractivity contribution is -0.123. The molecule has 3 aromatic rings. The van der Waals surface area contributed by atoms with Crippen LogP contribution in [0.1, 0.15) is 40.7 Å². The highest BCUT2D eigenvalue weighted by Gasteiger charge is 2.59. The van der Waals surface area contributed by atoms with Gasteiger partial charge in [-0.3, -0.25) is 14.5 Å². The summed E-state index contributed by atoms with van der Waals surface area (Å²) in [5, 5.41) is 3.51. The minimum atomic E-state index is -0.908. The molecule has 2 aliphatic rings. The van der Waals surface area contributed by atoms with Crippen molar-refractivity contribution in [3.05, 3.63) is 93.7 Å². The van der Waals surface area contributed by atoms with E-state index in [4.69, 9.17) is 30.4 Å². The van der Waals surface area contributed by atoms with E-state index in [-0.39, 0.29) is 28.9 Å². The average molecular weight is 534 g/mol. The van der Waals surface area contributed by atoms with Crippen molar-refractivity contribution >= 4 is 57.9 Å². The predicted molar refractivity (Wildman–Crippen MR) is 143 cm³/mol. The SMILES string of the molecule is [C-]#[N+]c1ncc(N2C(=O)C3(CCC3)N(c3ccc(C(=O)NCc4ccc(Cl)cc4)c(F)c3)C2=S)cc1C. The number of hydrogen-bond donors (Lipinski definition) is 1. The Labute approximate surface area is 223 Å². The lowest BCUT2D eigenvalue weighted by Crippen LogP contribution is -2.55. The van der Waals surface area contributed by atoms with Crippen molar-refractivity contribution in [2.24, 2.45) is 0 Å². The van der Waals surface area contributed by atoms with Gasteiger partial charge in [0.1, 0.15) is 17.6 Å². The third kappa shape index (κ3) is 4.22. The lowest BCUT2D eigenvalue weighted by Gasteiger charge is -2.43. The first kappa shape index (κ1) is 24.8. The van der Waals surface area contributed by atoms with Crippen LogP contribution in [0.4, 0.5) is 21.6 Å². The highest BCUT2D eigenvalue weighted by Crippen LogP contribution is 2.48. The van der Waals surface area contributed by atoms with Crippen molar-refractivity contribution in [2.45, 2.75) is 38.3 Å². The second-order valence-electron chi connectivity index (χ2n) is 9.06. The Bertz CT molecular complexity index is 1480. The van der Waals surface area contributed by atoms with Gasteiger partial charge in [0, 0.05) is 17.3 Å². The first-order valence-corrected chi connectivity index (χ1v) is 12.4. The molecule has 1 saturated heterocycles. The molecule has 0 radical (unpaired) electrons. The second-order valence-corrected chi connectivity index (χ2v) is 9.86. The summed E-state index contributed by atoms with van der Waals surface area (Å²) in [6.45, 7) is 9.18. The molecule has 5 rings (SSSR count). The van der Waals surface area contributed by atoms with Gasteiger partial charge in [-0.15, -0.1) is 4.98 Å². The molecule has 1 saturated carbocycles. The molecule has 2 aromatic carbocycles. The summed E-state index contributed by atoms with van der Waals surface area (Å²) in [5.74, 6) is -1.22. The molecule has 10 heteroatoms. The number of pyridine rings is 1. The van der Waals surface area contributed by atoms with Crippen LogP contribution in [-0.2, 0) is 11.3 Å². The summed E-state index contributed by atoms with van der Waals surface area (Å²) in [4.78, 5) is 36.9. The van der Waals surface area contributed by atoms with Crippen molar-refractivity contribution in [3.63, 3.8) is 0 Å². The van der Waals surface area contributed by atoms with E-state index in [1.807, 2.05) is 0 Å². The molecule has 2 fully saturated rings. The fourth-order valence-corrected chi connectivity index (χ4v) is 5.30. The van der Waals surface area contributed by atoms with E-state index in [2.05, 4.69) is 15.1 Å². The molecule has 7 nitrogen and oxygen atoms in total. The van der Waals surface area contributed by atoms with Gasteiger partial charge in [-0.1, -0.05) is 30.3 Å². The number of benzene rings is 2. The largest absolute Gasteiger partial charge is 0.360 e. The molecule has 2 heterocycles. The number of carbonyl (C=O) groups is 2. The minimum absolute atomic E-state index is 0.108. The van der Waals surface area contributed by atoms with Crippen LogP contribution < -0.4 is 15.1 Å². The molecule has 37 heavy (non-hydrogen) atoms. The van der Waals surface area contributed by atoms with Gasteiger partial charge in [-0.05, 0) is 85.9 Å². The summed E-state index contributed by atoms with van der Waals surface area (Å²) in [7, 11) is 0. The van der Waals surface area contributed by atoms with Gasteiger partial charge in [0.05, 0.1) is 11.3 Å². The Morgan fingerprint density at radius 2 is 1.95 bits per heavy atom. The summed E-state index contributed by atoms with van der Waals surface area (Å²) in [6.07, 6.45) is 3.43. The molecule has 2 amide bonds. The molecule has 1 N–H and O–H groups in total. The van der Waals surface area contributed by atoms with E-state index in [0.717, 1.165) is 12.0 Å². The molecule has 186 valence electrons. The molecule has 0 unspecified atom stereocenters. The molecule has 0 atom stereocenters. The minimum Gasteiger partial charge on any atom is -0.360 e. The maximum absolute atomic E-state index is 15.2. The van der Waals surface area contributed by atoms with E-state index in [9.17, 15) is 9.59 Å². The summed E-state index contributed by atoms with van der Waals surface area (Å²) in [6, 6.07) is 13.0. The number of nitrogens with one attached hydrogen (secondary N) is 1. The molecule has 1 spiro atoms. The number of amides is 2. The maximum atomic E-state index is 15.2. The van der Waals surface area contributed by atoms with Gasteiger partial charge in [0.25, 0.3) is 17.6 Å². The summed E-state index contributed by atoms with van der Waals surface area (Å²) >= 11 is 11.6. The number of nitrogens with zero attached hydrogens (tertiary/aromatic N) is 4. The Hall–Kier alpha value is -3.87. The van der Waals surface area contributed by atoms with Crippen LogP contribution in [0, 0.1) is 19.3 Å². The van der Waals surface area contributed by atoms with Gasteiger partial charge >= 0.3 is 0 Å². The zero-order valence-corrected chi connectivity index (χ0v) is 21.4. The highest BCUT2D eigenvalue weighted by atomic mass is 35.5. The zero-order valence-electron chi connectivity index (χ0n) is 19.8. The first-order chi connectivity index (χ1) is 17.7. The molecule has 1 aliphatic carbocycles. The molecular weight excluding hydrogens is 513 g/mol. The van der Waals surface area contributed by atoms with Gasteiger partial charge in [0.15, 0.2) is 5.11 Å². The van der Waals surface area contributed by atoms with Crippen LogP contribution in [0.3, 0.4) is 0 Å². The molecular formula is C27H21ClFN5O2S. The predicted octanol–water partition coefficient (Wildman–Crippen LogP) is 5.72. The van der Waals surface area contributed by atoms with Crippen molar-refractivity contribution in [1.82, 2.24) is 10.3 Å². The number of hydrogen-bond acceptors (Lipinski definition) is 4. The average Bonchev–Trinajstić information content (AvgIpc) is 3.10. The van der Waals surface area contributed by atoms with E-state index in [1.165, 1.54) is 23.2 Å². The van der Waals surface area contributed by atoms with Gasteiger partial charge in [-0.2, -0.15) is 0 Å². The smallest absolute Gasteiger partial charge is 0.272 e. The number of aryl methyl sites for hydroxylation is 1. The third-order valence-corrected chi connectivity index (χ3v) is 7.43. The quantitative estimate of drug-likeness (QED) is 0.335. The van der Waals surface area contributed by atoms with Crippen LogP contribution in [0.2, 0.25) is 5.02 Å². The number of anilines is 2. The van der Waals surface area contributed by atoms with E-state index >= 15 is 4.39 Å². The van der Waals surface area contributed by atoms with E-state index in [0.29, 0.717) is 34.8 Å². The van der Waals surface area contributed by atoms with Gasteiger partial charge in [-0.25, -0.2) is 4.39 Å². The topological polar surface area (TPSA) is 69.9 Å². The van der Waals surface area contributed by atoms with Crippen LogP contribution in [0.15, 0.2) is 54.7 Å². The Morgan fingerprint density at radius 3 is 2.54 bits per heavy atom. The zero-order chi connectivity index (χ0) is 26.3. The Morgan fingerprint density at radius 1 is 1.22 bits per heavy atom. The fourth-order valence-electron chi connectivity index (χ4n) is 4.71. The number of halogens is 2. The normalized spacial score (nSPS) is 16.1. The van der Waals surface area contributed by atoms with Crippen LogP contribution in [0.5, 0.6) is 0 Å². The lowest BCUT2D eigenvalue weighted by atomic mass is 9.75. The standard InChI is InChI=1S/C27H21ClFN5O2S/c1-16-12-20(15-31-23(16)30-2)33-25(36)27(10-3-11-27)34(26(33)37)19-8-9-21(22(29)13-19)24(35)32-14-17-4-6-18(28)7-5-17/h4-9,12-13,15H,3,10-11,14H2,1H3,(H,32,35). The number of aromatic nitrogens is 1. The molecule has 0 bridgehead atoms. The Balaban J connectivity index is 1.41. The first-order valence-electron chi connectivity index (χ1n) is 11.6. The van der Waals surface area contributed by atoms with Crippen LogP contribution in [-0.4, -0.2) is 27.4 Å². The van der Waals surface area contributed by atoms with E-state index in [1.54, 1.807) is 48.2 Å². The van der Waals surface area contributed by atoms with Crippen molar-refractivity contribution in [3.8, 4) is 0 Å². The fraction of sp³-hybridized carbons (Fsp3) is 0.222. The summed E-state index contributed by atoms with van der Waals surface area (Å²) < 4.78 is 15.2. The number of thiocarbonyl (C=S) groups is 1. The Kier molecular flexibility index (Phi) is 6.40. The molecule has 1 aliphatic heterocycles. The van der Waals surface area contributed by atoms with Crippen molar-refractivity contribution < 1.29 is 14.0 Å². The van der Waals surface area contributed by atoms with Crippen molar-refractivity contribution in [2.75, 3.05) is 9.80 Å². The molecule has 1 aromatic heterocycles. The third-order valence-electron chi connectivity index (χ3n) is 6.81. The van der Waals surface area contributed by atoms with Gasteiger partial charge < -0.3 is 15.1 Å². The number of carbonyl (C=O) groups excluding carboxylic acids is 2. The summed E-state index contributed by atoms with van der Waals surface area (Å²) in [5.41, 5.74) is 1.31. The highest BCUT2D eigenvalue weighted by molar-refractivity contribution is 7.81. The van der Waals surface area contributed by atoms with Crippen LogP contribution >= 0.6 is 23.8 Å². The van der Waals surface area contributed by atoms with Gasteiger partial charge in [0.2, 0.25) is 0 Å². The maximum Gasteiger partial charge on any atom is 0.272 e. The van der Waals surface area contributed by atoms with Crippen molar-refractivity contribution in [1.29, 1.82) is 0 Å². The van der Waals surface area contributed by atoms with E-state index < -0.39 is 17.3 Å².